The Hall–Kier alpha value is -2.64. The smallest absolute Gasteiger partial charge is 0.273 e. The summed E-state index contributed by atoms with van der Waals surface area (Å²) in [6, 6.07) is 3.12. The lowest BCUT2D eigenvalue weighted by molar-refractivity contribution is 0.0942. The zero-order chi connectivity index (χ0) is 15.2. The SMILES string of the molecule is Cc1cc(C(=O)NCCCNC(=O)c2cc(C)on2)no1. The van der Waals surface area contributed by atoms with Crippen molar-refractivity contribution >= 4 is 11.8 Å². The van der Waals surface area contributed by atoms with Crippen LogP contribution >= 0.6 is 0 Å². The third-order valence-electron chi connectivity index (χ3n) is 2.65. The van der Waals surface area contributed by atoms with Gasteiger partial charge in [0, 0.05) is 25.2 Å². The second-order valence-electron chi connectivity index (χ2n) is 4.51. The van der Waals surface area contributed by atoms with Gasteiger partial charge in [0.2, 0.25) is 0 Å². The molecule has 0 saturated carbocycles. The monoisotopic (exact) mass is 292 g/mol. The van der Waals surface area contributed by atoms with Crippen LogP contribution in [-0.2, 0) is 0 Å². The molecular weight excluding hydrogens is 276 g/mol. The van der Waals surface area contributed by atoms with Crippen molar-refractivity contribution in [2.24, 2.45) is 0 Å². The predicted molar refractivity (Wildman–Crippen MR) is 71.8 cm³/mol. The number of aromatic nitrogens is 2. The van der Waals surface area contributed by atoms with Gasteiger partial charge in [0.1, 0.15) is 11.5 Å². The Morgan fingerprint density at radius 2 is 1.38 bits per heavy atom. The van der Waals surface area contributed by atoms with E-state index in [0.717, 1.165) is 0 Å². The van der Waals surface area contributed by atoms with Crippen molar-refractivity contribution in [3.05, 3.63) is 35.0 Å². The summed E-state index contributed by atoms with van der Waals surface area (Å²) in [5.41, 5.74) is 0.490. The molecule has 0 bridgehead atoms. The summed E-state index contributed by atoms with van der Waals surface area (Å²) in [7, 11) is 0. The third kappa shape index (κ3) is 4.16. The number of carbonyl (C=O) groups is 2. The van der Waals surface area contributed by atoms with Gasteiger partial charge in [-0.05, 0) is 20.3 Å². The molecule has 0 unspecified atom stereocenters. The average molecular weight is 292 g/mol. The minimum Gasteiger partial charge on any atom is -0.361 e. The number of nitrogens with one attached hydrogen (secondary N) is 2. The summed E-state index contributed by atoms with van der Waals surface area (Å²) in [4.78, 5) is 23.3. The van der Waals surface area contributed by atoms with E-state index in [9.17, 15) is 9.59 Å². The lowest BCUT2D eigenvalue weighted by atomic mass is 10.3. The van der Waals surface area contributed by atoms with Crippen LogP contribution in [0.5, 0.6) is 0 Å². The van der Waals surface area contributed by atoms with Crippen molar-refractivity contribution in [1.29, 1.82) is 0 Å². The van der Waals surface area contributed by atoms with Crippen molar-refractivity contribution < 1.29 is 18.6 Å². The van der Waals surface area contributed by atoms with Gasteiger partial charge in [0.15, 0.2) is 11.4 Å². The maximum absolute atomic E-state index is 11.6. The summed E-state index contributed by atoms with van der Waals surface area (Å²) in [6.45, 7) is 4.27. The normalized spacial score (nSPS) is 10.4. The first kappa shape index (κ1) is 14.8. The van der Waals surface area contributed by atoms with E-state index in [-0.39, 0.29) is 23.2 Å². The quantitative estimate of drug-likeness (QED) is 0.763. The molecule has 0 saturated heterocycles. The Labute approximate surface area is 120 Å². The van der Waals surface area contributed by atoms with Crippen LogP contribution in [0.2, 0.25) is 0 Å². The number of amides is 2. The van der Waals surface area contributed by atoms with E-state index in [1.54, 1.807) is 26.0 Å². The summed E-state index contributed by atoms with van der Waals surface area (Å²) in [5.74, 6) is 0.557. The molecule has 0 aromatic carbocycles. The molecule has 2 aromatic rings. The van der Waals surface area contributed by atoms with Crippen molar-refractivity contribution in [3.8, 4) is 0 Å². The molecule has 8 heteroatoms. The summed E-state index contributed by atoms with van der Waals surface area (Å²) >= 11 is 0. The van der Waals surface area contributed by atoms with Gasteiger partial charge < -0.3 is 19.7 Å². The standard InChI is InChI=1S/C13H16N4O4/c1-8-6-10(16-20-8)12(18)14-4-3-5-15-13(19)11-7-9(2)21-17-11/h6-7H,3-5H2,1-2H3,(H,14,18)(H,15,19). The first-order chi connectivity index (χ1) is 10.1. The molecule has 0 aliphatic carbocycles. The van der Waals surface area contributed by atoms with Crippen LogP contribution in [0.3, 0.4) is 0 Å². The molecule has 2 heterocycles. The Balaban J connectivity index is 1.64. The second-order valence-corrected chi connectivity index (χ2v) is 4.51. The van der Waals surface area contributed by atoms with Crippen molar-refractivity contribution in [2.45, 2.75) is 20.3 Å². The third-order valence-corrected chi connectivity index (χ3v) is 2.65. The molecule has 2 N–H and O–H groups in total. The highest BCUT2D eigenvalue weighted by molar-refractivity contribution is 5.92. The molecule has 0 radical (unpaired) electrons. The van der Waals surface area contributed by atoms with Gasteiger partial charge >= 0.3 is 0 Å². The van der Waals surface area contributed by atoms with Crippen LogP contribution in [-0.4, -0.2) is 35.2 Å². The van der Waals surface area contributed by atoms with E-state index in [0.29, 0.717) is 31.0 Å². The molecular formula is C13H16N4O4. The van der Waals surface area contributed by atoms with E-state index in [4.69, 9.17) is 9.05 Å². The highest BCUT2D eigenvalue weighted by Gasteiger charge is 2.11. The van der Waals surface area contributed by atoms with Gasteiger partial charge in [-0.1, -0.05) is 10.3 Å². The average Bonchev–Trinajstić information content (AvgIpc) is 3.06. The van der Waals surface area contributed by atoms with Crippen molar-refractivity contribution in [3.63, 3.8) is 0 Å². The van der Waals surface area contributed by atoms with Gasteiger partial charge in [0.05, 0.1) is 0 Å². The van der Waals surface area contributed by atoms with Crippen LogP contribution < -0.4 is 10.6 Å². The van der Waals surface area contributed by atoms with Crippen LogP contribution in [0.15, 0.2) is 21.2 Å². The van der Waals surface area contributed by atoms with Gasteiger partial charge in [-0.25, -0.2) is 0 Å². The van der Waals surface area contributed by atoms with Gasteiger partial charge in [-0.2, -0.15) is 0 Å². The van der Waals surface area contributed by atoms with E-state index in [1.807, 2.05) is 0 Å². The molecule has 2 rings (SSSR count). The highest BCUT2D eigenvalue weighted by Crippen LogP contribution is 2.01. The van der Waals surface area contributed by atoms with Crippen LogP contribution in [0.25, 0.3) is 0 Å². The Bertz CT molecular complexity index is 577. The van der Waals surface area contributed by atoms with Gasteiger partial charge in [-0.15, -0.1) is 0 Å². The lowest BCUT2D eigenvalue weighted by Gasteiger charge is -2.04. The predicted octanol–water partition coefficient (Wildman–Crippen LogP) is 0.829. The van der Waals surface area contributed by atoms with Crippen LogP contribution in [0.1, 0.15) is 38.9 Å². The highest BCUT2D eigenvalue weighted by atomic mass is 16.5. The Morgan fingerprint density at radius 1 is 0.952 bits per heavy atom. The number of rotatable bonds is 6. The Kier molecular flexibility index (Phi) is 4.70. The zero-order valence-corrected chi connectivity index (χ0v) is 11.8. The number of hydrogen-bond acceptors (Lipinski definition) is 6. The molecule has 2 aromatic heterocycles. The lowest BCUT2D eigenvalue weighted by Crippen LogP contribution is -2.30. The van der Waals surface area contributed by atoms with Crippen molar-refractivity contribution in [1.82, 2.24) is 20.9 Å². The summed E-state index contributed by atoms with van der Waals surface area (Å²) in [6.07, 6.45) is 0.588. The molecule has 0 aliphatic heterocycles. The minimum atomic E-state index is -0.301. The van der Waals surface area contributed by atoms with E-state index < -0.39 is 0 Å². The summed E-state index contributed by atoms with van der Waals surface area (Å²) in [5, 5.41) is 12.6. The van der Waals surface area contributed by atoms with Crippen LogP contribution in [0.4, 0.5) is 0 Å². The zero-order valence-electron chi connectivity index (χ0n) is 11.8. The fraction of sp³-hybridized carbons (Fsp3) is 0.385. The largest absolute Gasteiger partial charge is 0.361 e. The second kappa shape index (κ2) is 6.69. The Morgan fingerprint density at radius 3 is 1.71 bits per heavy atom. The number of hydrogen-bond donors (Lipinski definition) is 2. The maximum atomic E-state index is 11.6. The topological polar surface area (TPSA) is 110 Å². The van der Waals surface area contributed by atoms with Gasteiger partial charge in [0.25, 0.3) is 11.8 Å². The number of nitrogens with zero attached hydrogens (tertiary/aromatic N) is 2. The molecule has 0 aliphatic rings. The number of carbonyl (C=O) groups excluding carboxylic acids is 2. The first-order valence-corrected chi connectivity index (χ1v) is 6.49. The molecule has 8 nitrogen and oxygen atoms in total. The molecule has 0 atom stereocenters. The van der Waals surface area contributed by atoms with Crippen molar-refractivity contribution in [2.75, 3.05) is 13.1 Å². The van der Waals surface area contributed by atoms with E-state index in [1.165, 1.54) is 0 Å². The molecule has 2 amide bonds. The van der Waals surface area contributed by atoms with Gasteiger partial charge in [-0.3, -0.25) is 9.59 Å². The fourth-order valence-electron chi connectivity index (χ4n) is 1.62. The van der Waals surface area contributed by atoms with E-state index >= 15 is 0 Å². The molecule has 112 valence electrons. The number of aryl methyl sites for hydroxylation is 2. The molecule has 21 heavy (non-hydrogen) atoms. The fourth-order valence-corrected chi connectivity index (χ4v) is 1.62. The maximum Gasteiger partial charge on any atom is 0.273 e. The molecule has 0 spiro atoms. The molecule has 0 fully saturated rings. The van der Waals surface area contributed by atoms with E-state index in [2.05, 4.69) is 20.9 Å². The summed E-state index contributed by atoms with van der Waals surface area (Å²) < 4.78 is 9.62. The van der Waals surface area contributed by atoms with Crippen LogP contribution in [0, 0.1) is 13.8 Å². The minimum absolute atomic E-state index is 0.245. The first-order valence-electron chi connectivity index (χ1n) is 6.49.